The summed E-state index contributed by atoms with van der Waals surface area (Å²) in [5.41, 5.74) is 1.43. The number of hydrogen-bond donors (Lipinski definition) is 2. The Morgan fingerprint density at radius 3 is 2.33 bits per heavy atom. The molecule has 7 nitrogen and oxygen atoms in total. The molecule has 3 aromatic carbocycles. The van der Waals surface area contributed by atoms with Gasteiger partial charge in [-0.25, -0.2) is 4.79 Å². The van der Waals surface area contributed by atoms with Crippen LogP contribution in [0.2, 0.25) is 0 Å². The summed E-state index contributed by atoms with van der Waals surface area (Å²) in [5, 5.41) is 7.79. The second-order valence-corrected chi connectivity index (χ2v) is 11.6. The number of nitrogens with one attached hydrogen (secondary N) is 2. The maximum Gasteiger partial charge on any atom is 0.408 e. The van der Waals surface area contributed by atoms with Crippen LogP contribution in [0.3, 0.4) is 0 Å². The van der Waals surface area contributed by atoms with E-state index in [1.807, 2.05) is 66.7 Å². The molecule has 0 aliphatic carbocycles. The van der Waals surface area contributed by atoms with Crippen LogP contribution in [0.25, 0.3) is 16.8 Å². The molecule has 224 valence electrons. The molecule has 7 heteroatoms. The molecule has 3 aromatic rings. The molecule has 0 saturated carbocycles. The molecule has 3 rings (SSSR count). The van der Waals surface area contributed by atoms with E-state index in [1.165, 1.54) is 0 Å². The Bertz CT molecular complexity index is 1380. The van der Waals surface area contributed by atoms with Crippen molar-refractivity contribution in [2.75, 3.05) is 11.9 Å². The molecule has 0 heterocycles. The summed E-state index contributed by atoms with van der Waals surface area (Å²) in [6.07, 6.45) is 5.94. The van der Waals surface area contributed by atoms with Crippen molar-refractivity contribution in [2.45, 2.75) is 84.4 Å². The number of anilines is 1. The van der Waals surface area contributed by atoms with Crippen molar-refractivity contribution < 1.29 is 19.1 Å². The van der Waals surface area contributed by atoms with Gasteiger partial charge in [0.1, 0.15) is 17.7 Å². The average molecular weight is 572 g/mol. The summed E-state index contributed by atoms with van der Waals surface area (Å²) in [4.78, 5) is 42.3. The summed E-state index contributed by atoms with van der Waals surface area (Å²) in [5.74, 6) is -0.697. The topological polar surface area (TPSA) is 87.7 Å². The fraction of sp³-hybridized carbons (Fsp3) is 0.400. The predicted molar refractivity (Wildman–Crippen MR) is 171 cm³/mol. The van der Waals surface area contributed by atoms with Gasteiger partial charge in [0.05, 0.1) is 0 Å². The van der Waals surface area contributed by atoms with Gasteiger partial charge in [-0.3, -0.25) is 9.59 Å². The van der Waals surface area contributed by atoms with Gasteiger partial charge in [-0.05, 0) is 74.2 Å². The SMILES string of the molecule is C=Cc1cccc(C(C(=O)Nc2ccc3ccccc3c2)N(CCCCCCC)C(=O)C(C)NC(=O)OC(C)(C)C)c1. The lowest BCUT2D eigenvalue weighted by Gasteiger charge is -2.34. The molecule has 2 atom stereocenters. The van der Waals surface area contributed by atoms with E-state index in [-0.39, 0.29) is 11.8 Å². The molecule has 0 aliphatic heterocycles. The number of amides is 3. The Balaban J connectivity index is 1.97. The first kappa shape index (κ1) is 32.4. The fourth-order valence-corrected chi connectivity index (χ4v) is 4.85. The first-order valence-corrected chi connectivity index (χ1v) is 14.8. The van der Waals surface area contributed by atoms with Crippen molar-refractivity contribution in [3.63, 3.8) is 0 Å². The van der Waals surface area contributed by atoms with Crippen molar-refractivity contribution in [2.24, 2.45) is 0 Å². The van der Waals surface area contributed by atoms with E-state index in [4.69, 9.17) is 4.74 Å². The van der Waals surface area contributed by atoms with E-state index in [9.17, 15) is 14.4 Å². The third-order valence-electron chi connectivity index (χ3n) is 6.93. The molecule has 0 fully saturated rings. The quantitative estimate of drug-likeness (QED) is 0.204. The highest BCUT2D eigenvalue weighted by molar-refractivity contribution is 6.00. The molecule has 0 saturated heterocycles. The molecular weight excluding hydrogens is 526 g/mol. The third-order valence-corrected chi connectivity index (χ3v) is 6.93. The highest BCUT2D eigenvalue weighted by atomic mass is 16.6. The van der Waals surface area contributed by atoms with Gasteiger partial charge in [0.2, 0.25) is 5.91 Å². The van der Waals surface area contributed by atoms with Gasteiger partial charge in [0.15, 0.2) is 0 Å². The fourth-order valence-electron chi connectivity index (χ4n) is 4.85. The summed E-state index contributed by atoms with van der Waals surface area (Å²) >= 11 is 0. The van der Waals surface area contributed by atoms with E-state index < -0.39 is 23.8 Å². The zero-order valence-electron chi connectivity index (χ0n) is 25.6. The number of carbonyl (C=O) groups excluding carboxylic acids is 3. The Labute approximate surface area is 250 Å². The van der Waals surface area contributed by atoms with Gasteiger partial charge < -0.3 is 20.3 Å². The first-order chi connectivity index (χ1) is 20.0. The van der Waals surface area contributed by atoms with Crippen LogP contribution in [0, 0.1) is 0 Å². The van der Waals surface area contributed by atoms with Crippen LogP contribution in [0.15, 0.2) is 73.3 Å². The van der Waals surface area contributed by atoms with E-state index >= 15 is 0 Å². The summed E-state index contributed by atoms with van der Waals surface area (Å²) in [7, 11) is 0. The summed E-state index contributed by atoms with van der Waals surface area (Å²) in [6.45, 7) is 13.3. The van der Waals surface area contributed by atoms with Gasteiger partial charge in [-0.15, -0.1) is 0 Å². The minimum absolute atomic E-state index is 0.335. The van der Waals surface area contributed by atoms with Crippen molar-refractivity contribution in [3.8, 4) is 0 Å². The Kier molecular flexibility index (Phi) is 11.7. The van der Waals surface area contributed by atoms with Crippen LogP contribution < -0.4 is 10.6 Å². The number of carbonyl (C=O) groups is 3. The van der Waals surface area contributed by atoms with Crippen molar-refractivity contribution in [1.29, 1.82) is 0 Å². The van der Waals surface area contributed by atoms with Crippen molar-refractivity contribution >= 4 is 40.4 Å². The minimum atomic E-state index is -0.932. The molecule has 3 amide bonds. The van der Waals surface area contributed by atoms with Crippen molar-refractivity contribution in [3.05, 3.63) is 84.4 Å². The number of hydrogen-bond acceptors (Lipinski definition) is 4. The number of unbranched alkanes of at least 4 members (excludes halogenated alkanes) is 4. The lowest BCUT2D eigenvalue weighted by molar-refractivity contribution is -0.140. The monoisotopic (exact) mass is 571 g/mol. The van der Waals surface area contributed by atoms with Crippen LogP contribution in [-0.2, 0) is 14.3 Å². The molecule has 2 N–H and O–H groups in total. The average Bonchev–Trinajstić information content (AvgIpc) is 2.95. The van der Waals surface area contributed by atoms with Gasteiger partial charge in [0, 0.05) is 12.2 Å². The third kappa shape index (κ3) is 9.47. The second-order valence-electron chi connectivity index (χ2n) is 11.6. The van der Waals surface area contributed by atoms with Crippen LogP contribution in [0.5, 0.6) is 0 Å². The molecule has 0 aromatic heterocycles. The number of nitrogens with zero attached hydrogens (tertiary/aromatic N) is 1. The van der Waals surface area contributed by atoms with Crippen LogP contribution in [0.1, 0.15) is 83.9 Å². The molecule has 0 spiro atoms. The van der Waals surface area contributed by atoms with E-state index in [0.717, 1.165) is 48.4 Å². The highest BCUT2D eigenvalue weighted by Gasteiger charge is 2.34. The first-order valence-electron chi connectivity index (χ1n) is 14.8. The Morgan fingerprint density at radius 2 is 1.64 bits per heavy atom. The number of benzene rings is 3. The molecule has 0 aliphatic rings. The standard InChI is InChI=1S/C35H45N3O4/c1-7-9-10-11-14-22-38(33(40)25(3)36-34(41)42-35(4,5)6)31(29-19-15-16-26(8-2)23-29)32(39)37-30-21-20-27-17-12-13-18-28(27)24-30/h8,12-13,15-21,23-25,31H,2,7,9-11,14,22H2,1,3-6H3,(H,36,41)(H,37,39). The van der Waals surface area contributed by atoms with Crippen LogP contribution in [-0.4, -0.2) is 41.0 Å². The molecular formula is C35H45N3O4. The van der Waals surface area contributed by atoms with Crippen LogP contribution in [0.4, 0.5) is 10.5 Å². The van der Waals surface area contributed by atoms with E-state index in [1.54, 1.807) is 38.7 Å². The van der Waals surface area contributed by atoms with Gasteiger partial charge >= 0.3 is 6.09 Å². The number of fused-ring (bicyclic) bond motifs is 1. The Hall–Kier alpha value is -4.13. The van der Waals surface area contributed by atoms with E-state index in [2.05, 4.69) is 24.1 Å². The van der Waals surface area contributed by atoms with Crippen LogP contribution >= 0.6 is 0 Å². The number of alkyl carbamates (subject to hydrolysis) is 1. The lowest BCUT2D eigenvalue weighted by Crippen LogP contribution is -2.51. The lowest BCUT2D eigenvalue weighted by atomic mass is 9.99. The Morgan fingerprint density at radius 1 is 0.929 bits per heavy atom. The predicted octanol–water partition coefficient (Wildman–Crippen LogP) is 7.87. The van der Waals surface area contributed by atoms with Gasteiger partial charge in [-0.1, -0.05) is 93.8 Å². The molecule has 0 radical (unpaired) electrons. The van der Waals surface area contributed by atoms with E-state index in [0.29, 0.717) is 17.8 Å². The summed E-state index contributed by atoms with van der Waals surface area (Å²) in [6, 6.07) is 19.3. The van der Waals surface area contributed by atoms with Gasteiger partial charge in [-0.2, -0.15) is 0 Å². The highest BCUT2D eigenvalue weighted by Crippen LogP contribution is 2.27. The maximum absolute atomic E-state index is 14.1. The molecule has 42 heavy (non-hydrogen) atoms. The molecule has 0 bridgehead atoms. The number of rotatable bonds is 13. The smallest absolute Gasteiger partial charge is 0.408 e. The zero-order valence-corrected chi connectivity index (χ0v) is 25.6. The largest absolute Gasteiger partial charge is 0.444 e. The maximum atomic E-state index is 14.1. The minimum Gasteiger partial charge on any atom is -0.444 e. The normalized spacial score (nSPS) is 12.7. The number of ether oxygens (including phenoxy) is 1. The zero-order chi connectivity index (χ0) is 30.7. The molecule has 2 unspecified atom stereocenters. The van der Waals surface area contributed by atoms with Crippen molar-refractivity contribution in [1.82, 2.24) is 10.2 Å². The summed E-state index contributed by atoms with van der Waals surface area (Å²) < 4.78 is 5.39. The van der Waals surface area contributed by atoms with Gasteiger partial charge in [0.25, 0.3) is 5.91 Å². The second kappa shape index (κ2) is 15.2.